The van der Waals surface area contributed by atoms with E-state index in [0.29, 0.717) is 12.3 Å². The summed E-state index contributed by atoms with van der Waals surface area (Å²) in [6.45, 7) is 0. The van der Waals surface area contributed by atoms with Crippen LogP contribution in [0.25, 0.3) is 0 Å². The van der Waals surface area contributed by atoms with Crippen LogP contribution >= 0.6 is 23.2 Å². The highest BCUT2D eigenvalue weighted by atomic mass is 35.5. The Morgan fingerprint density at radius 1 is 1.15 bits per heavy atom. The summed E-state index contributed by atoms with van der Waals surface area (Å²) in [6, 6.07) is 7.91. The molecule has 0 saturated heterocycles. The predicted octanol–water partition coefficient (Wildman–Crippen LogP) is 2.71. The third-order valence-corrected chi connectivity index (χ3v) is 4.21. The van der Waals surface area contributed by atoms with E-state index in [-0.39, 0.29) is 16.0 Å². The van der Waals surface area contributed by atoms with E-state index in [9.17, 15) is 8.42 Å². The van der Waals surface area contributed by atoms with Crippen molar-refractivity contribution in [3.63, 3.8) is 0 Å². The zero-order valence-electron chi connectivity index (χ0n) is 10.3. The molecule has 0 radical (unpaired) electrons. The maximum absolute atomic E-state index is 12.1. The summed E-state index contributed by atoms with van der Waals surface area (Å²) < 4.78 is 26.5. The minimum Gasteiger partial charge on any atom is -0.247 e. The first-order valence-corrected chi connectivity index (χ1v) is 8.07. The summed E-state index contributed by atoms with van der Waals surface area (Å²) >= 11 is 11.3. The van der Waals surface area contributed by atoms with Crippen LogP contribution in [0.4, 0.5) is 5.95 Å². The molecule has 0 aliphatic rings. The van der Waals surface area contributed by atoms with E-state index < -0.39 is 10.0 Å². The Balaban J connectivity index is 2.21. The molecule has 20 heavy (non-hydrogen) atoms. The van der Waals surface area contributed by atoms with Crippen molar-refractivity contribution in [2.75, 3.05) is 10.6 Å². The second-order valence-corrected chi connectivity index (χ2v) is 6.34. The van der Waals surface area contributed by atoms with E-state index in [4.69, 9.17) is 23.2 Å². The highest BCUT2D eigenvalue weighted by molar-refractivity contribution is 7.92. The molecular formula is C12H11Cl2N3O2S. The van der Waals surface area contributed by atoms with Crippen molar-refractivity contribution in [1.82, 2.24) is 9.97 Å². The molecule has 0 fully saturated rings. The molecule has 1 aromatic carbocycles. The van der Waals surface area contributed by atoms with Crippen LogP contribution in [-0.4, -0.2) is 24.3 Å². The Morgan fingerprint density at radius 3 is 2.45 bits per heavy atom. The molecule has 2 rings (SSSR count). The lowest BCUT2D eigenvalue weighted by atomic mass is 10.2. The van der Waals surface area contributed by atoms with Crippen LogP contribution in [0.15, 0.2) is 41.4 Å². The van der Waals surface area contributed by atoms with Gasteiger partial charge in [0.15, 0.2) is 0 Å². The van der Waals surface area contributed by atoms with Crippen LogP contribution in [0.1, 0.15) is 5.56 Å². The fourth-order valence-corrected chi connectivity index (χ4v) is 2.81. The normalized spacial score (nSPS) is 11.3. The fourth-order valence-electron chi connectivity index (χ4n) is 1.51. The van der Waals surface area contributed by atoms with Gasteiger partial charge in [-0.2, -0.15) is 0 Å². The quantitative estimate of drug-likeness (QED) is 0.675. The number of nitrogens with zero attached hydrogens (tertiary/aromatic N) is 2. The molecule has 0 aliphatic carbocycles. The van der Waals surface area contributed by atoms with Gasteiger partial charge in [0.05, 0.1) is 4.90 Å². The molecule has 1 heterocycles. The first-order chi connectivity index (χ1) is 9.51. The largest absolute Gasteiger partial charge is 0.264 e. The Labute approximate surface area is 127 Å². The van der Waals surface area contributed by atoms with E-state index in [1.54, 1.807) is 12.1 Å². The molecule has 1 aromatic heterocycles. The molecule has 0 spiro atoms. The number of rotatable bonds is 5. The van der Waals surface area contributed by atoms with Gasteiger partial charge in [-0.05, 0) is 30.2 Å². The smallest absolute Gasteiger partial charge is 0.247 e. The third kappa shape index (κ3) is 3.82. The minimum absolute atomic E-state index is 0.0673. The summed E-state index contributed by atoms with van der Waals surface area (Å²) in [5.41, 5.74) is 0.970. The summed E-state index contributed by atoms with van der Waals surface area (Å²) in [7, 11) is -3.73. The number of halogens is 2. The first kappa shape index (κ1) is 15.0. The number of hydrogen-bond acceptors (Lipinski definition) is 4. The number of alkyl halides is 1. The van der Waals surface area contributed by atoms with Crippen molar-refractivity contribution >= 4 is 39.2 Å². The van der Waals surface area contributed by atoms with Crippen LogP contribution in [0.5, 0.6) is 0 Å². The highest BCUT2D eigenvalue weighted by Gasteiger charge is 2.15. The molecular weight excluding hydrogens is 321 g/mol. The predicted molar refractivity (Wildman–Crippen MR) is 78.7 cm³/mol. The van der Waals surface area contributed by atoms with Crippen molar-refractivity contribution in [3.05, 3.63) is 47.2 Å². The van der Waals surface area contributed by atoms with Crippen molar-refractivity contribution in [3.8, 4) is 0 Å². The van der Waals surface area contributed by atoms with Crippen molar-refractivity contribution in [2.45, 2.75) is 11.3 Å². The van der Waals surface area contributed by atoms with Gasteiger partial charge in [0.25, 0.3) is 10.0 Å². The highest BCUT2D eigenvalue weighted by Crippen LogP contribution is 2.15. The van der Waals surface area contributed by atoms with Gasteiger partial charge in [-0.15, -0.1) is 11.6 Å². The van der Waals surface area contributed by atoms with Crippen LogP contribution in [0, 0.1) is 0 Å². The standard InChI is InChI=1S/C12H11Cl2N3O2S/c13-7-5-9-1-3-10(4-2-9)20(18,19)17-12-15-8-6-11(14)16-12/h1-4,6,8H,5,7H2,(H,15,16,17). The van der Waals surface area contributed by atoms with Crippen molar-refractivity contribution < 1.29 is 8.42 Å². The third-order valence-electron chi connectivity index (χ3n) is 2.46. The molecule has 0 bridgehead atoms. The first-order valence-electron chi connectivity index (χ1n) is 5.67. The molecule has 0 atom stereocenters. The summed E-state index contributed by atoms with van der Waals surface area (Å²) in [6.07, 6.45) is 2.06. The van der Waals surface area contributed by atoms with E-state index in [1.807, 2.05) is 0 Å². The molecule has 8 heteroatoms. The monoisotopic (exact) mass is 331 g/mol. The van der Waals surface area contributed by atoms with Gasteiger partial charge in [0.1, 0.15) is 5.15 Å². The zero-order valence-corrected chi connectivity index (χ0v) is 12.6. The maximum atomic E-state index is 12.1. The van der Waals surface area contributed by atoms with Crippen molar-refractivity contribution in [2.24, 2.45) is 0 Å². The maximum Gasteiger partial charge on any atom is 0.264 e. The number of benzene rings is 1. The molecule has 0 saturated carbocycles. The Morgan fingerprint density at radius 2 is 1.85 bits per heavy atom. The van der Waals surface area contributed by atoms with Crippen LogP contribution in [0.3, 0.4) is 0 Å². The van der Waals surface area contributed by atoms with Crippen LogP contribution in [-0.2, 0) is 16.4 Å². The molecule has 0 aliphatic heterocycles. The van der Waals surface area contributed by atoms with Gasteiger partial charge >= 0.3 is 0 Å². The van der Waals surface area contributed by atoms with Crippen molar-refractivity contribution in [1.29, 1.82) is 0 Å². The summed E-state index contributed by atoms with van der Waals surface area (Å²) in [5.74, 6) is 0.420. The molecule has 0 amide bonds. The van der Waals surface area contributed by atoms with Gasteiger partial charge < -0.3 is 0 Å². The average molecular weight is 332 g/mol. The SMILES string of the molecule is O=S(=O)(Nc1nccc(Cl)n1)c1ccc(CCCl)cc1. The van der Waals surface area contributed by atoms with Gasteiger partial charge in [0.2, 0.25) is 5.95 Å². The Hall–Kier alpha value is -1.37. The summed E-state index contributed by atoms with van der Waals surface area (Å²) in [5, 5.41) is 0.162. The van der Waals surface area contributed by atoms with Gasteiger partial charge in [0, 0.05) is 12.1 Å². The lowest BCUT2D eigenvalue weighted by Gasteiger charge is -2.07. The van der Waals surface area contributed by atoms with E-state index in [2.05, 4.69) is 14.7 Å². The molecule has 106 valence electrons. The number of anilines is 1. The topological polar surface area (TPSA) is 72.0 Å². The lowest BCUT2D eigenvalue weighted by molar-refractivity contribution is 0.601. The number of sulfonamides is 1. The van der Waals surface area contributed by atoms with Crippen LogP contribution < -0.4 is 4.72 Å². The van der Waals surface area contributed by atoms with Gasteiger partial charge in [-0.1, -0.05) is 23.7 Å². The summed E-state index contributed by atoms with van der Waals surface area (Å²) in [4.78, 5) is 7.70. The van der Waals surface area contributed by atoms with Gasteiger partial charge in [-0.25, -0.2) is 23.1 Å². The number of aromatic nitrogens is 2. The zero-order chi connectivity index (χ0) is 14.6. The Bertz CT molecular complexity index is 690. The molecule has 2 aromatic rings. The van der Waals surface area contributed by atoms with E-state index >= 15 is 0 Å². The van der Waals surface area contributed by atoms with Crippen LogP contribution in [0.2, 0.25) is 5.15 Å². The Kier molecular flexibility index (Phi) is 4.80. The molecule has 0 unspecified atom stereocenters. The minimum atomic E-state index is -3.73. The average Bonchev–Trinajstić information content (AvgIpc) is 2.39. The number of aryl methyl sites for hydroxylation is 1. The van der Waals surface area contributed by atoms with E-state index in [0.717, 1.165) is 5.56 Å². The lowest BCUT2D eigenvalue weighted by Crippen LogP contribution is -2.15. The number of nitrogens with one attached hydrogen (secondary N) is 1. The second-order valence-electron chi connectivity index (χ2n) is 3.89. The van der Waals surface area contributed by atoms with E-state index in [1.165, 1.54) is 24.4 Å². The van der Waals surface area contributed by atoms with Gasteiger partial charge in [-0.3, -0.25) is 0 Å². The second kappa shape index (κ2) is 6.39. The fraction of sp³-hybridized carbons (Fsp3) is 0.167. The number of hydrogen-bond donors (Lipinski definition) is 1. The molecule has 5 nitrogen and oxygen atoms in total. The molecule has 1 N–H and O–H groups in total.